The van der Waals surface area contributed by atoms with E-state index in [1.54, 1.807) is 6.08 Å². The molecule has 0 saturated carbocycles. The number of ether oxygens (including phenoxy) is 1. The second kappa shape index (κ2) is 9.00. The third kappa shape index (κ3) is 5.79. The van der Waals surface area contributed by atoms with E-state index in [2.05, 4.69) is 30.7 Å². The lowest BCUT2D eigenvalue weighted by Gasteiger charge is -2.19. The molecule has 0 radical (unpaired) electrons. The molecule has 0 saturated heterocycles. The predicted molar refractivity (Wildman–Crippen MR) is 112 cm³/mol. The topological polar surface area (TPSA) is 75.5 Å². The van der Waals surface area contributed by atoms with Crippen LogP contribution in [0.3, 0.4) is 0 Å². The maximum absolute atomic E-state index is 13.1. The number of imidazole rings is 1. The van der Waals surface area contributed by atoms with Crippen LogP contribution in [0.25, 0.3) is 5.69 Å². The number of nitrogens with one attached hydrogen (secondary N) is 3. The minimum Gasteiger partial charge on any atom is -0.406 e. The van der Waals surface area contributed by atoms with Gasteiger partial charge < -0.3 is 20.7 Å². The molecule has 1 aromatic heterocycles. The van der Waals surface area contributed by atoms with Crippen molar-refractivity contribution in [3.8, 4) is 11.4 Å². The Labute approximate surface area is 188 Å². The Morgan fingerprint density at radius 3 is 2.44 bits per heavy atom. The number of benzene rings is 2. The largest absolute Gasteiger partial charge is 0.573 e. The van der Waals surface area contributed by atoms with Crippen LogP contribution in [0.1, 0.15) is 5.56 Å². The molecule has 34 heavy (non-hydrogen) atoms. The first-order valence-corrected chi connectivity index (χ1v) is 9.68. The number of anilines is 2. The second-order valence-electron chi connectivity index (χ2n) is 6.93. The van der Waals surface area contributed by atoms with Gasteiger partial charge in [-0.3, -0.25) is 4.57 Å². The summed E-state index contributed by atoms with van der Waals surface area (Å²) >= 11 is 0. The van der Waals surface area contributed by atoms with Crippen molar-refractivity contribution in [1.82, 2.24) is 14.9 Å². The number of rotatable bonds is 5. The maximum Gasteiger partial charge on any atom is 0.573 e. The Kier molecular flexibility index (Phi) is 6.09. The van der Waals surface area contributed by atoms with Crippen LogP contribution in [0.2, 0.25) is 0 Å². The van der Waals surface area contributed by atoms with E-state index in [1.807, 2.05) is 0 Å². The van der Waals surface area contributed by atoms with Gasteiger partial charge in [-0.1, -0.05) is 6.07 Å². The molecule has 1 aliphatic rings. The normalized spacial score (nSPS) is 14.1. The summed E-state index contributed by atoms with van der Waals surface area (Å²) in [5, 5.41) is 8.91. The molecule has 4 rings (SSSR count). The van der Waals surface area contributed by atoms with Gasteiger partial charge in [-0.05, 0) is 42.5 Å². The van der Waals surface area contributed by atoms with Crippen LogP contribution < -0.4 is 20.7 Å². The molecule has 0 unspecified atom stereocenters. The molecule has 1 aliphatic heterocycles. The summed E-state index contributed by atoms with van der Waals surface area (Å²) in [6, 6.07) is 9.93. The van der Waals surface area contributed by atoms with Crippen LogP contribution in [-0.4, -0.2) is 28.4 Å². The molecular formula is C21H16F6N6O. The van der Waals surface area contributed by atoms with Gasteiger partial charge in [0.15, 0.2) is 0 Å². The van der Waals surface area contributed by atoms with Gasteiger partial charge in [0.05, 0.1) is 5.56 Å². The molecule has 0 aliphatic carbocycles. The SMILES string of the molecule is FC(F)(F)Oc1ccc(NC2=NCNC(Nc3nccn3-c3cccc(C(F)(F)F)c3)=C2)cc1. The fourth-order valence-corrected chi connectivity index (χ4v) is 3.04. The van der Waals surface area contributed by atoms with Crippen molar-refractivity contribution in [2.45, 2.75) is 12.5 Å². The van der Waals surface area contributed by atoms with Gasteiger partial charge in [0.2, 0.25) is 5.95 Å². The van der Waals surface area contributed by atoms with E-state index < -0.39 is 18.1 Å². The maximum atomic E-state index is 13.1. The van der Waals surface area contributed by atoms with Crippen molar-refractivity contribution in [2.75, 3.05) is 17.3 Å². The van der Waals surface area contributed by atoms with Gasteiger partial charge >= 0.3 is 12.5 Å². The van der Waals surface area contributed by atoms with Crippen molar-refractivity contribution in [2.24, 2.45) is 4.99 Å². The number of aromatic nitrogens is 2. The zero-order valence-electron chi connectivity index (χ0n) is 17.1. The lowest BCUT2D eigenvalue weighted by atomic mass is 10.2. The number of alkyl halides is 6. The number of aliphatic imine (C=N–C) groups is 1. The fraction of sp³-hybridized carbons (Fsp3) is 0.143. The molecule has 0 fully saturated rings. The number of halogens is 6. The number of amidine groups is 1. The van der Waals surface area contributed by atoms with Gasteiger partial charge in [-0.25, -0.2) is 9.98 Å². The zero-order valence-corrected chi connectivity index (χ0v) is 17.1. The van der Waals surface area contributed by atoms with Crippen LogP contribution >= 0.6 is 0 Å². The monoisotopic (exact) mass is 482 g/mol. The van der Waals surface area contributed by atoms with E-state index in [0.29, 0.717) is 17.3 Å². The first kappa shape index (κ1) is 23.0. The van der Waals surface area contributed by atoms with Crippen LogP contribution in [0, 0.1) is 0 Å². The summed E-state index contributed by atoms with van der Waals surface area (Å²) in [6.07, 6.45) is -4.74. The smallest absolute Gasteiger partial charge is 0.406 e. The highest BCUT2D eigenvalue weighted by Crippen LogP contribution is 2.31. The van der Waals surface area contributed by atoms with Crippen LogP contribution in [0.4, 0.5) is 38.0 Å². The van der Waals surface area contributed by atoms with Crippen LogP contribution in [-0.2, 0) is 6.18 Å². The molecule has 3 N–H and O–H groups in total. The predicted octanol–water partition coefficient (Wildman–Crippen LogP) is 5.11. The Morgan fingerprint density at radius 1 is 0.971 bits per heavy atom. The third-order valence-corrected chi connectivity index (χ3v) is 4.50. The Morgan fingerprint density at radius 2 is 1.74 bits per heavy atom. The van der Waals surface area contributed by atoms with Crippen molar-refractivity contribution < 1.29 is 31.1 Å². The number of nitrogens with zero attached hydrogens (tertiary/aromatic N) is 3. The van der Waals surface area contributed by atoms with Crippen molar-refractivity contribution in [1.29, 1.82) is 0 Å². The lowest BCUT2D eigenvalue weighted by molar-refractivity contribution is -0.274. The molecule has 0 spiro atoms. The molecule has 178 valence electrons. The third-order valence-electron chi connectivity index (χ3n) is 4.50. The Balaban J connectivity index is 1.47. The highest BCUT2D eigenvalue weighted by molar-refractivity contribution is 6.04. The molecule has 2 aromatic carbocycles. The number of hydrogen-bond acceptors (Lipinski definition) is 6. The quantitative estimate of drug-likeness (QED) is 0.441. The average molecular weight is 482 g/mol. The fourth-order valence-electron chi connectivity index (χ4n) is 3.04. The van der Waals surface area contributed by atoms with Crippen molar-refractivity contribution in [3.63, 3.8) is 0 Å². The summed E-state index contributed by atoms with van der Waals surface area (Å²) < 4.78 is 81.3. The van der Waals surface area contributed by atoms with E-state index in [-0.39, 0.29) is 24.1 Å². The summed E-state index contributed by atoms with van der Waals surface area (Å²) in [4.78, 5) is 8.37. The van der Waals surface area contributed by atoms with Gasteiger partial charge in [0.1, 0.15) is 24.1 Å². The first-order chi connectivity index (χ1) is 16.1. The molecule has 0 atom stereocenters. The van der Waals surface area contributed by atoms with E-state index >= 15 is 0 Å². The molecule has 3 aromatic rings. The highest BCUT2D eigenvalue weighted by atomic mass is 19.4. The molecular weight excluding hydrogens is 466 g/mol. The second-order valence-corrected chi connectivity index (χ2v) is 6.93. The Hall–Kier alpha value is -4.16. The minimum absolute atomic E-state index is 0.167. The summed E-state index contributed by atoms with van der Waals surface area (Å²) in [5.74, 6) is 0.745. The van der Waals surface area contributed by atoms with Crippen LogP contribution in [0.5, 0.6) is 5.75 Å². The van der Waals surface area contributed by atoms with Crippen molar-refractivity contribution >= 4 is 17.5 Å². The van der Waals surface area contributed by atoms with Gasteiger partial charge in [0.25, 0.3) is 0 Å². The number of hydrogen-bond donors (Lipinski definition) is 3. The van der Waals surface area contributed by atoms with Gasteiger partial charge in [-0.15, -0.1) is 13.2 Å². The molecule has 7 nitrogen and oxygen atoms in total. The zero-order chi connectivity index (χ0) is 24.3. The molecule has 0 amide bonds. The van der Waals surface area contributed by atoms with E-state index in [1.165, 1.54) is 41.2 Å². The summed E-state index contributed by atoms with van der Waals surface area (Å²) in [5.41, 5.74) is -0.0550. The highest BCUT2D eigenvalue weighted by Gasteiger charge is 2.31. The average Bonchev–Trinajstić information content (AvgIpc) is 3.22. The summed E-state index contributed by atoms with van der Waals surface area (Å²) in [7, 11) is 0. The van der Waals surface area contributed by atoms with Crippen LogP contribution in [0.15, 0.2) is 77.8 Å². The van der Waals surface area contributed by atoms with E-state index in [9.17, 15) is 26.3 Å². The molecule has 0 bridgehead atoms. The molecule has 13 heteroatoms. The van der Waals surface area contributed by atoms with E-state index in [0.717, 1.165) is 24.3 Å². The molecule has 2 heterocycles. The first-order valence-electron chi connectivity index (χ1n) is 9.68. The lowest BCUT2D eigenvalue weighted by Crippen LogP contribution is -2.29. The minimum atomic E-state index is -4.78. The van der Waals surface area contributed by atoms with E-state index in [4.69, 9.17) is 0 Å². The van der Waals surface area contributed by atoms with Gasteiger partial charge in [-0.2, -0.15) is 13.2 Å². The standard InChI is InChI=1S/C21H16F6N6O/c22-20(23,24)13-2-1-3-15(10-13)33-9-8-28-19(33)32-18-11-17(29-12-30-18)31-14-4-6-16(7-5-14)34-21(25,26)27/h1-11,30H,12H2,(H,28,32)(H,29,31). The van der Waals surface area contributed by atoms with Crippen molar-refractivity contribution in [3.05, 3.63) is 78.4 Å². The summed E-state index contributed by atoms with van der Waals surface area (Å²) in [6.45, 7) is 0.167. The van der Waals surface area contributed by atoms with Gasteiger partial charge in [0, 0.05) is 29.8 Å². The Bertz CT molecular complexity index is 1210.